The van der Waals surface area contributed by atoms with Crippen LogP contribution in [0.3, 0.4) is 0 Å². The average molecular weight is 299 g/mol. The van der Waals surface area contributed by atoms with E-state index in [2.05, 4.69) is 11.8 Å². The molecule has 20 heavy (non-hydrogen) atoms. The van der Waals surface area contributed by atoms with Gasteiger partial charge in [0.15, 0.2) is 0 Å². The van der Waals surface area contributed by atoms with Crippen molar-refractivity contribution < 1.29 is 4.39 Å². The van der Waals surface area contributed by atoms with Crippen LogP contribution >= 0.6 is 11.6 Å². The van der Waals surface area contributed by atoms with E-state index in [1.165, 1.54) is 18.9 Å². The van der Waals surface area contributed by atoms with Crippen molar-refractivity contribution in [3.05, 3.63) is 34.6 Å². The number of piperidine rings is 1. The van der Waals surface area contributed by atoms with Gasteiger partial charge in [0, 0.05) is 23.2 Å². The molecule has 0 saturated carbocycles. The van der Waals surface area contributed by atoms with Crippen molar-refractivity contribution in [2.45, 2.75) is 51.1 Å². The molecule has 2 atom stereocenters. The molecule has 1 aromatic rings. The summed E-state index contributed by atoms with van der Waals surface area (Å²) in [7, 11) is 0. The number of hydrogen-bond acceptors (Lipinski definition) is 2. The smallest absolute Gasteiger partial charge is 0.129 e. The molecule has 2 N–H and O–H groups in total. The zero-order chi connectivity index (χ0) is 14.5. The molecule has 1 aliphatic heterocycles. The summed E-state index contributed by atoms with van der Waals surface area (Å²) in [4.78, 5) is 2.37. The third-order valence-electron chi connectivity index (χ3n) is 4.25. The van der Waals surface area contributed by atoms with Crippen LogP contribution in [0.4, 0.5) is 4.39 Å². The van der Waals surface area contributed by atoms with Crippen LogP contribution < -0.4 is 5.73 Å². The van der Waals surface area contributed by atoms with E-state index in [0.29, 0.717) is 23.2 Å². The maximum absolute atomic E-state index is 14.2. The number of rotatable bonds is 5. The van der Waals surface area contributed by atoms with Gasteiger partial charge in [-0.1, -0.05) is 37.4 Å². The first-order chi connectivity index (χ1) is 9.69. The van der Waals surface area contributed by atoms with E-state index in [0.717, 1.165) is 25.8 Å². The van der Waals surface area contributed by atoms with E-state index < -0.39 is 0 Å². The van der Waals surface area contributed by atoms with E-state index in [4.69, 9.17) is 17.3 Å². The average Bonchev–Trinajstić information content (AvgIpc) is 2.44. The maximum atomic E-state index is 14.2. The first-order valence-corrected chi connectivity index (χ1v) is 7.96. The largest absolute Gasteiger partial charge is 0.329 e. The molecule has 2 nitrogen and oxygen atoms in total. The lowest BCUT2D eigenvalue weighted by Gasteiger charge is -2.41. The first kappa shape index (κ1) is 15.7. The zero-order valence-electron chi connectivity index (χ0n) is 12.1. The number of nitrogens with two attached hydrogens (primary N) is 1. The zero-order valence-corrected chi connectivity index (χ0v) is 12.9. The van der Waals surface area contributed by atoms with Gasteiger partial charge >= 0.3 is 0 Å². The lowest BCUT2D eigenvalue weighted by Crippen LogP contribution is -2.44. The van der Waals surface area contributed by atoms with Crippen LogP contribution in [0.5, 0.6) is 0 Å². The summed E-state index contributed by atoms with van der Waals surface area (Å²) in [5.74, 6) is -0.242. The van der Waals surface area contributed by atoms with Crippen molar-refractivity contribution in [3.63, 3.8) is 0 Å². The highest BCUT2D eigenvalue weighted by Crippen LogP contribution is 2.34. The quantitative estimate of drug-likeness (QED) is 0.885. The van der Waals surface area contributed by atoms with Crippen molar-refractivity contribution in [1.29, 1.82) is 0 Å². The molecule has 0 spiro atoms. The van der Waals surface area contributed by atoms with Gasteiger partial charge in [0.1, 0.15) is 5.82 Å². The monoisotopic (exact) mass is 298 g/mol. The highest BCUT2D eigenvalue weighted by molar-refractivity contribution is 6.31. The highest BCUT2D eigenvalue weighted by Gasteiger charge is 2.31. The summed E-state index contributed by atoms with van der Waals surface area (Å²) >= 11 is 6.22. The highest BCUT2D eigenvalue weighted by atomic mass is 35.5. The van der Waals surface area contributed by atoms with Crippen molar-refractivity contribution in [3.8, 4) is 0 Å². The Morgan fingerprint density at radius 2 is 2.25 bits per heavy atom. The standard InChI is InChI=1S/C16H24ClFN2/c1-2-6-12-7-3-4-10-20(12)15(11-19)16-13(17)8-5-9-14(16)18/h5,8-9,12,15H,2-4,6-7,10-11,19H2,1H3. The molecule has 112 valence electrons. The van der Waals surface area contributed by atoms with Gasteiger partial charge < -0.3 is 5.73 Å². The molecule has 1 aliphatic rings. The Kier molecular flexibility index (Phi) is 5.82. The fourth-order valence-electron chi connectivity index (χ4n) is 3.32. The van der Waals surface area contributed by atoms with Crippen molar-refractivity contribution >= 4 is 11.6 Å². The van der Waals surface area contributed by atoms with Crippen LogP contribution in [0.1, 0.15) is 50.6 Å². The second-order valence-corrected chi connectivity index (χ2v) is 5.97. The second-order valence-electron chi connectivity index (χ2n) is 5.56. The summed E-state index contributed by atoms with van der Waals surface area (Å²) < 4.78 is 14.2. The normalized spacial score (nSPS) is 21.9. The Balaban J connectivity index is 2.30. The van der Waals surface area contributed by atoms with Crippen LogP contribution in [0.25, 0.3) is 0 Å². The fraction of sp³-hybridized carbons (Fsp3) is 0.625. The molecule has 4 heteroatoms. The minimum absolute atomic E-state index is 0.111. The minimum Gasteiger partial charge on any atom is -0.329 e. The van der Waals surface area contributed by atoms with Crippen molar-refractivity contribution in [2.24, 2.45) is 5.73 Å². The Hall–Kier alpha value is -0.640. The Bertz CT molecular complexity index is 416. The third kappa shape index (κ3) is 3.33. The molecule has 0 radical (unpaired) electrons. The van der Waals surface area contributed by atoms with Gasteiger partial charge in [-0.25, -0.2) is 4.39 Å². The molecule has 1 saturated heterocycles. The summed E-state index contributed by atoms with van der Waals surface area (Å²) in [6.07, 6.45) is 5.87. The van der Waals surface area contributed by atoms with Crippen molar-refractivity contribution in [1.82, 2.24) is 4.90 Å². The number of halogens is 2. The minimum atomic E-state index is -0.242. The van der Waals surface area contributed by atoms with Gasteiger partial charge in [-0.3, -0.25) is 4.90 Å². The van der Waals surface area contributed by atoms with E-state index >= 15 is 0 Å². The topological polar surface area (TPSA) is 29.3 Å². The van der Waals surface area contributed by atoms with Crippen LogP contribution in [-0.4, -0.2) is 24.0 Å². The van der Waals surface area contributed by atoms with Crippen LogP contribution in [0, 0.1) is 5.82 Å². The fourth-order valence-corrected chi connectivity index (χ4v) is 3.61. The molecule has 0 amide bonds. The molecule has 0 aromatic heterocycles. The van der Waals surface area contributed by atoms with Crippen molar-refractivity contribution in [2.75, 3.05) is 13.1 Å². The van der Waals surface area contributed by atoms with Gasteiger partial charge in [0.05, 0.1) is 6.04 Å². The second kappa shape index (κ2) is 7.39. The molecule has 1 aromatic carbocycles. The Labute approximate surface area is 126 Å². The predicted octanol–water partition coefficient (Wildman–Crippen LogP) is 4.13. The molecule has 1 fully saturated rings. The summed E-state index contributed by atoms with van der Waals surface area (Å²) in [5.41, 5.74) is 6.53. The number of nitrogens with zero attached hydrogens (tertiary/aromatic N) is 1. The molecular weight excluding hydrogens is 275 g/mol. The third-order valence-corrected chi connectivity index (χ3v) is 4.58. The van der Waals surface area contributed by atoms with Crippen LogP contribution in [0.15, 0.2) is 18.2 Å². The Morgan fingerprint density at radius 1 is 1.45 bits per heavy atom. The van der Waals surface area contributed by atoms with Gasteiger partial charge in [-0.05, 0) is 37.9 Å². The van der Waals surface area contributed by atoms with Crippen LogP contribution in [0.2, 0.25) is 5.02 Å². The van der Waals surface area contributed by atoms with E-state index in [1.807, 2.05) is 0 Å². The molecule has 2 unspecified atom stereocenters. The van der Waals surface area contributed by atoms with E-state index in [-0.39, 0.29) is 11.9 Å². The van der Waals surface area contributed by atoms with Gasteiger partial charge in [-0.2, -0.15) is 0 Å². The predicted molar refractivity (Wildman–Crippen MR) is 82.5 cm³/mol. The molecule has 1 heterocycles. The number of likely N-dealkylation sites (tertiary alicyclic amines) is 1. The first-order valence-electron chi connectivity index (χ1n) is 7.58. The van der Waals surface area contributed by atoms with Gasteiger partial charge in [0.25, 0.3) is 0 Å². The summed E-state index contributed by atoms with van der Waals surface area (Å²) in [6, 6.07) is 5.26. The summed E-state index contributed by atoms with van der Waals surface area (Å²) in [6.45, 7) is 3.58. The van der Waals surface area contributed by atoms with Gasteiger partial charge in [0.2, 0.25) is 0 Å². The molecule has 0 bridgehead atoms. The number of benzene rings is 1. The SMILES string of the molecule is CCCC1CCCCN1C(CN)c1c(F)cccc1Cl. The summed E-state index contributed by atoms with van der Waals surface area (Å²) in [5, 5.41) is 0.487. The lowest BCUT2D eigenvalue weighted by molar-refractivity contribution is 0.0895. The van der Waals surface area contributed by atoms with E-state index in [9.17, 15) is 4.39 Å². The Morgan fingerprint density at radius 3 is 2.90 bits per heavy atom. The lowest BCUT2D eigenvalue weighted by atomic mass is 9.93. The number of hydrogen-bond donors (Lipinski definition) is 1. The van der Waals surface area contributed by atoms with Crippen LogP contribution in [-0.2, 0) is 0 Å². The molecular formula is C16H24ClFN2. The van der Waals surface area contributed by atoms with E-state index in [1.54, 1.807) is 12.1 Å². The maximum Gasteiger partial charge on any atom is 0.129 e. The molecule has 0 aliphatic carbocycles. The van der Waals surface area contributed by atoms with Gasteiger partial charge in [-0.15, -0.1) is 0 Å². The molecule has 2 rings (SSSR count).